The van der Waals surface area contributed by atoms with Gasteiger partial charge in [-0.15, -0.1) is 22.7 Å². The summed E-state index contributed by atoms with van der Waals surface area (Å²) in [6, 6.07) is 24.9. The van der Waals surface area contributed by atoms with Crippen LogP contribution in [0.15, 0.2) is 72.1 Å². The van der Waals surface area contributed by atoms with Gasteiger partial charge in [0.25, 0.3) is 0 Å². The van der Waals surface area contributed by atoms with Gasteiger partial charge in [-0.1, -0.05) is 65.0 Å². The van der Waals surface area contributed by atoms with E-state index in [-0.39, 0.29) is 5.41 Å². The molecule has 0 bridgehead atoms. The molecule has 3 heteroatoms. The van der Waals surface area contributed by atoms with Crippen molar-refractivity contribution in [2.75, 3.05) is 0 Å². The van der Waals surface area contributed by atoms with Crippen LogP contribution in [-0.4, -0.2) is 4.98 Å². The van der Waals surface area contributed by atoms with Gasteiger partial charge in [0.2, 0.25) is 0 Å². The van der Waals surface area contributed by atoms with Crippen LogP contribution < -0.4 is 0 Å². The van der Waals surface area contributed by atoms with Crippen LogP contribution in [0, 0.1) is 12.8 Å². The largest absolute Gasteiger partial charge is 0.247 e. The zero-order chi connectivity index (χ0) is 25.9. The van der Waals surface area contributed by atoms with E-state index in [0.29, 0.717) is 5.92 Å². The van der Waals surface area contributed by atoms with Crippen LogP contribution >= 0.6 is 22.7 Å². The van der Waals surface area contributed by atoms with E-state index >= 15 is 0 Å². The third-order valence-electron chi connectivity index (χ3n) is 7.32. The maximum Gasteiger partial charge on any atom is 0.0823 e. The Bertz CT molecular complexity index is 1780. The lowest BCUT2D eigenvalue weighted by molar-refractivity contribution is 0.596. The van der Waals surface area contributed by atoms with Crippen LogP contribution in [0.25, 0.3) is 53.5 Å². The third kappa shape index (κ3) is 4.39. The standard InChI is InChI=1S/C34H33NS2/c1-20(2)15-32-21(3)26-17-23(11-12-31(26)37-32)27-19-30(35-29-13-14-36-33(27)29)24-16-22-9-7-8-10-25(22)28(18-24)34(4,5)6/h7-14,16-20H,15H2,1-6H3. The second kappa shape index (κ2) is 9.08. The molecule has 6 aromatic rings. The van der Waals surface area contributed by atoms with Crippen LogP contribution in [0.5, 0.6) is 0 Å². The Balaban J connectivity index is 1.55. The van der Waals surface area contributed by atoms with Crippen LogP contribution in [0.3, 0.4) is 0 Å². The maximum absolute atomic E-state index is 5.15. The SMILES string of the molecule is Cc1c(CC(C)C)sc2ccc(-c3cc(-c4cc(C(C)(C)C)c5ccccc5c4)nc4ccsc34)cc12. The molecule has 3 aromatic heterocycles. The molecule has 0 aliphatic rings. The quantitative estimate of drug-likeness (QED) is 0.226. The number of aryl methyl sites for hydroxylation is 1. The summed E-state index contributed by atoms with van der Waals surface area (Å²) < 4.78 is 2.65. The lowest BCUT2D eigenvalue weighted by atomic mass is 9.82. The molecule has 0 aliphatic carbocycles. The highest BCUT2D eigenvalue weighted by Gasteiger charge is 2.20. The fourth-order valence-electron chi connectivity index (χ4n) is 5.40. The van der Waals surface area contributed by atoms with E-state index in [9.17, 15) is 0 Å². The average Bonchev–Trinajstić information content (AvgIpc) is 3.46. The molecule has 0 amide bonds. The van der Waals surface area contributed by atoms with Crippen molar-refractivity contribution >= 4 is 53.7 Å². The molecule has 186 valence electrons. The number of nitrogens with zero attached hydrogens (tertiary/aromatic N) is 1. The first-order valence-corrected chi connectivity index (χ1v) is 14.8. The Hall–Kier alpha value is -3.01. The number of pyridine rings is 1. The van der Waals surface area contributed by atoms with Gasteiger partial charge in [0.15, 0.2) is 0 Å². The molecule has 0 radical (unpaired) electrons. The van der Waals surface area contributed by atoms with E-state index < -0.39 is 0 Å². The molecule has 3 heterocycles. The van der Waals surface area contributed by atoms with Crippen molar-refractivity contribution in [3.63, 3.8) is 0 Å². The van der Waals surface area contributed by atoms with Crippen LogP contribution in [0.2, 0.25) is 0 Å². The molecule has 0 saturated heterocycles. The molecule has 0 unspecified atom stereocenters. The smallest absolute Gasteiger partial charge is 0.0823 e. The molecule has 3 aromatic carbocycles. The topological polar surface area (TPSA) is 12.9 Å². The number of fused-ring (bicyclic) bond motifs is 3. The summed E-state index contributed by atoms with van der Waals surface area (Å²) in [5.74, 6) is 0.666. The van der Waals surface area contributed by atoms with E-state index in [0.717, 1.165) is 17.6 Å². The van der Waals surface area contributed by atoms with E-state index in [4.69, 9.17) is 4.98 Å². The zero-order valence-electron chi connectivity index (χ0n) is 22.5. The first-order chi connectivity index (χ1) is 17.7. The number of aromatic nitrogens is 1. The molecule has 0 spiro atoms. The molecule has 37 heavy (non-hydrogen) atoms. The van der Waals surface area contributed by atoms with Crippen molar-refractivity contribution in [1.29, 1.82) is 0 Å². The normalized spacial score (nSPS) is 12.4. The molecule has 6 rings (SSSR count). The summed E-state index contributed by atoms with van der Waals surface area (Å²) in [7, 11) is 0. The summed E-state index contributed by atoms with van der Waals surface area (Å²) in [6.45, 7) is 13.8. The molecule has 0 atom stereocenters. The zero-order valence-corrected chi connectivity index (χ0v) is 24.1. The Labute approximate surface area is 227 Å². The third-order valence-corrected chi connectivity index (χ3v) is 9.55. The second-order valence-corrected chi connectivity index (χ2v) is 13.7. The van der Waals surface area contributed by atoms with Gasteiger partial charge >= 0.3 is 0 Å². The Morgan fingerprint density at radius 1 is 0.865 bits per heavy atom. The monoisotopic (exact) mass is 519 g/mol. The number of rotatable bonds is 4. The van der Waals surface area contributed by atoms with Crippen LogP contribution in [-0.2, 0) is 11.8 Å². The van der Waals surface area contributed by atoms with Crippen LogP contribution in [0.4, 0.5) is 0 Å². The van der Waals surface area contributed by atoms with Crippen molar-refractivity contribution in [3.05, 3.63) is 88.1 Å². The maximum atomic E-state index is 5.15. The average molecular weight is 520 g/mol. The van der Waals surface area contributed by atoms with Gasteiger partial charge in [0, 0.05) is 20.7 Å². The predicted molar refractivity (Wildman–Crippen MR) is 165 cm³/mol. The van der Waals surface area contributed by atoms with Gasteiger partial charge in [-0.25, -0.2) is 4.98 Å². The van der Waals surface area contributed by atoms with Crippen molar-refractivity contribution < 1.29 is 0 Å². The summed E-state index contributed by atoms with van der Waals surface area (Å²) in [6.07, 6.45) is 1.15. The summed E-state index contributed by atoms with van der Waals surface area (Å²) in [5, 5.41) is 6.15. The highest BCUT2D eigenvalue weighted by Crippen LogP contribution is 2.41. The highest BCUT2D eigenvalue weighted by molar-refractivity contribution is 7.19. The van der Waals surface area contributed by atoms with Gasteiger partial charge in [0.1, 0.15) is 0 Å². The van der Waals surface area contributed by atoms with Gasteiger partial charge < -0.3 is 0 Å². The minimum Gasteiger partial charge on any atom is -0.247 e. The van der Waals surface area contributed by atoms with E-state index in [2.05, 4.69) is 114 Å². The second-order valence-electron chi connectivity index (χ2n) is 11.6. The minimum atomic E-state index is 0.0418. The Morgan fingerprint density at radius 2 is 1.68 bits per heavy atom. The fraction of sp³-hybridized carbons (Fsp3) is 0.265. The first kappa shape index (κ1) is 24.3. The molecule has 0 N–H and O–H groups in total. The van der Waals surface area contributed by atoms with Gasteiger partial charge in [-0.05, 0) is 99.3 Å². The van der Waals surface area contributed by atoms with Crippen molar-refractivity contribution in [2.45, 2.75) is 53.4 Å². The molecular weight excluding hydrogens is 487 g/mol. The highest BCUT2D eigenvalue weighted by atomic mass is 32.1. The molecule has 1 nitrogen and oxygen atoms in total. The lowest BCUT2D eigenvalue weighted by Gasteiger charge is -2.23. The van der Waals surface area contributed by atoms with E-state index in [1.165, 1.54) is 58.3 Å². The number of benzene rings is 3. The Kier molecular flexibility index (Phi) is 5.97. The van der Waals surface area contributed by atoms with E-state index in [1.807, 2.05) is 11.3 Å². The van der Waals surface area contributed by atoms with Gasteiger partial charge in [-0.2, -0.15) is 0 Å². The van der Waals surface area contributed by atoms with Crippen molar-refractivity contribution in [1.82, 2.24) is 4.98 Å². The molecule has 0 saturated carbocycles. The summed E-state index contributed by atoms with van der Waals surface area (Å²) >= 11 is 3.74. The molecular formula is C34H33NS2. The van der Waals surface area contributed by atoms with Crippen molar-refractivity contribution in [3.8, 4) is 22.4 Å². The lowest BCUT2D eigenvalue weighted by Crippen LogP contribution is -2.12. The number of hydrogen-bond donors (Lipinski definition) is 0. The molecule has 0 aliphatic heterocycles. The number of hydrogen-bond acceptors (Lipinski definition) is 3. The van der Waals surface area contributed by atoms with Gasteiger partial charge in [-0.3, -0.25) is 0 Å². The predicted octanol–water partition coefficient (Wildman–Crippen LogP) is 10.8. The fourth-order valence-corrected chi connectivity index (χ4v) is 7.68. The van der Waals surface area contributed by atoms with E-state index in [1.54, 1.807) is 11.3 Å². The Morgan fingerprint density at radius 3 is 2.46 bits per heavy atom. The first-order valence-electron chi connectivity index (χ1n) is 13.1. The van der Waals surface area contributed by atoms with Crippen molar-refractivity contribution in [2.24, 2.45) is 5.92 Å². The summed E-state index contributed by atoms with van der Waals surface area (Å²) in [5.41, 5.74) is 8.70. The minimum absolute atomic E-state index is 0.0418. The molecule has 0 fully saturated rings. The number of thiophene rings is 2. The van der Waals surface area contributed by atoms with Crippen LogP contribution in [0.1, 0.15) is 50.6 Å². The summed E-state index contributed by atoms with van der Waals surface area (Å²) in [4.78, 5) is 6.67. The van der Waals surface area contributed by atoms with Gasteiger partial charge in [0.05, 0.1) is 15.9 Å².